The van der Waals surface area contributed by atoms with Crippen LogP contribution in [0.25, 0.3) is 0 Å². The summed E-state index contributed by atoms with van der Waals surface area (Å²) in [6.07, 6.45) is -1.52. The zero-order valence-corrected chi connectivity index (χ0v) is 12.7. The van der Waals surface area contributed by atoms with Crippen LogP contribution in [-0.4, -0.2) is 42.6 Å². The number of esters is 1. The van der Waals surface area contributed by atoms with Crippen LogP contribution in [0.2, 0.25) is 0 Å². The van der Waals surface area contributed by atoms with E-state index >= 15 is 0 Å². The molecule has 1 aliphatic heterocycles. The fraction of sp³-hybridized carbons (Fsp3) is 0.400. The number of rotatable bonds is 6. The fourth-order valence-electron chi connectivity index (χ4n) is 1.96. The summed E-state index contributed by atoms with van der Waals surface area (Å²) in [5, 5.41) is 0. The summed E-state index contributed by atoms with van der Waals surface area (Å²) >= 11 is 0. The van der Waals surface area contributed by atoms with E-state index in [1.807, 2.05) is 30.3 Å². The molecule has 0 aliphatic carbocycles. The SMILES string of the molecule is CCOC(=O)C1OC1C(=O)NNC(=O)[C@@H](N)Cc1ccccc1. The van der Waals surface area contributed by atoms with E-state index in [0.29, 0.717) is 6.42 Å². The van der Waals surface area contributed by atoms with E-state index in [9.17, 15) is 14.4 Å². The molecule has 2 amide bonds. The van der Waals surface area contributed by atoms with Crippen molar-refractivity contribution in [3.8, 4) is 0 Å². The number of epoxide rings is 1. The number of hydrogen-bond acceptors (Lipinski definition) is 6. The Hall–Kier alpha value is -2.45. The van der Waals surface area contributed by atoms with Gasteiger partial charge in [-0.3, -0.25) is 20.4 Å². The molecule has 0 radical (unpaired) electrons. The number of nitrogens with two attached hydrogens (primary N) is 1. The third-order valence-electron chi connectivity index (χ3n) is 3.21. The largest absolute Gasteiger partial charge is 0.464 e. The van der Waals surface area contributed by atoms with Gasteiger partial charge in [-0.1, -0.05) is 30.3 Å². The number of carbonyl (C=O) groups excluding carboxylic acids is 3. The normalized spacial score (nSPS) is 20.3. The zero-order chi connectivity index (χ0) is 16.8. The zero-order valence-electron chi connectivity index (χ0n) is 12.7. The lowest BCUT2D eigenvalue weighted by atomic mass is 10.1. The molecule has 0 bridgehead atoms. The Kier molecular flexibility index (Phi) is 5.67. The van der Waals surface area contributed by atoms with Crippen molar-refractivity contribution in [2.45, 2.75) is 31.6 Å². The highest BCUT2D eigenvalue weighted by atomic mass is 16.6. The summed E-state index contributed by atoms with van der Waals surface area (Å²) in [6, 6.07) is 8.47. The summed E-state index contributed by atoms with van der Waals surface area (Å²) in [5.41, 5.74) is 11.1. The van der Waals surface area contributed by atoms with Gasteiger partial charge in [-0.25, -0.2) is 4.79 Å². The molecule has 23 heavy (non-hydrogen) atoms. The van der Waals surface area contributed by atoms with Crippen LogP contribution in [-0.2, 0) is 30.3 Å². The van der Waals surface area contributed by atoms with Crippen LogP contribution in [0.4, 0.5) is 0 Å². The average molecular weight is 321 g/mol. The van der Waals surface area contributed by atoms with Crippen LogP contribution >= 0.6 is 0 Å². The number of benzene rings is 1. The van der Waals surface area contributed by atoms with Gasteiger partial charge < -0.3 is 15.2 Å². The summed E-state index contributed by atoms with van der Waals surface area (Å²) in [7, 11) is 0. The third-order valence-corrected chi connectivity index (χ3v) is 3.21. The standard InChI is InChI=1S/C15H19N3O5/c1-2-22-15(21)12-11(23-12)14(20)18-17-13(19)10(16)8-9-6-4-3-5-7-9/h3-7,10-12H,2,8,16H2,1H3,(H,17,19)(H,18,20)/t10-,11?,12?/m0/s1. The highest BCUT2D eigenvalue weighted by molar-refractivity contribution is 5.94. The van der Waals surface area contributed by atoms with Gasteiger partial charge in [0.25, 0.3) is 11.8 Å². The van der Waals surface area contributed by atoms with Gasteiger partial charge >= 0.3 is 5.97 Å². The fourth-order valence-corrected chi connectivity index (χ4v) is 1.96. The summed E-state index contributed by atoms with van der Waals surface area (Å²) in [4.78, 5) is 34.9. The minimum absolute atomic E-state index is 0.206. The van der Waals surface area contributed by atoms with E-state index in [2.05, 4.69) is 10.9 Å². The Balaban J connectivity index is 1.72. The number of hydrogen-bond donors (Lipinski definition) is 3. The molecule has 8 heteroatoms. The summed E-state index contributed by atoms with van der Waals surface area (Å²) < 4.78 is 9.64. The molecule has 1 saturated heterocycles. The smallest absolute Gasteiger partial charge is 0.338 e. The molecular formula is C15H19N3O5. The van der Waals surface area contributed by atoms with Crippen LogP contribution in [0.5, 0.6) is 0 Å². The third kappa shape index (κ3) is 4.76. The minimum Gasteiger partial charge on any atom is -0.464 e. The van der Waals surface area contributed by atoms with Crippen molar-refractivity contribution in [3.63, 3.8) is 0 Å². The molecule has 0 spiro atoms. The first kappa shape index (κ1) is 16.9. The number of nitrogens with one attached hydrogen (secondary N) is 2. The Morgan fingerprint density at radius 3 is 2.57 bits per heavy atom. The molecule has 0 aromatic heterocycles. The maximum absolute atomic E-state index is 11.8. The number of carbonyl (C=O) groups is 3. The number of hydrazine groups is 1. The molecular weight excluding hydrogens is 302 g/mol. The van der Waals surface area contributed by atoms with Gasteiger partial charge in [-0.15, -0.1) is 0 Å². The monoisotopic (exact) mass is 321 g/mol. The topological polar surface area (TPSA) is 123 Å². The van der Waals surface area contributed by atoms with E-state index in [1.54, 1.807) is 6.92 Å². The number of amides is 2. The number of ether oxygens (including phenoxy) is 2. The van der Waals surface area contributed by atoms with Gasteiger partial charge in [0.2, 0.25) is 0 Å². The first-order chi connectivity index (χ1) is 11.0. The molecule has 2 rings (SSSR count). The predicted molar refractivity (Wildman–Crippen MR) is 79.7 cm³/mol. The molecule has 3 atom stereocenters. The molecule has 1 heterocycles. The summed E-state index contributed by atoms with van der Waals surface area (Å²) in [6.45, 7) is 1.86. The van der Waals surface area contributed by atoms with Crippen molar-refractivity contribution in [2.24, 2.45) is 5.73 Å². The highest BCUT2D eigenvalue weighted by Crippen LogP contribution is 2.23. The van der Waals surface area contributed by atoms with E-state index in [0.717, 1.165) is 5.56 Å². The molecule has 8 nitrogen and oxygen atoms in total. The molecule has 1 aromatic rings. The van der Waals surface area contributed by atoms with Gasteiger partial charge in [-0.2, -0.15) is 0 Å². The predicted octanol–water partition coefficient (Wildman–Crippen LogP) is -0.966. The minimum atomic E-state index is -0.945. The maximum atomic E-state index is 11.8. The first-order valence-corrected chi connectivity index (χ1v) is 7.24. The second-order valence-electron chi connectivity index (χ2n) is 5.00. The lowest BCUT2D eigenvalue weighted by molar-refractivity contribution is -0.144. The lowest BCUT2D eigenvalue weighted by Gasteiger charge is -2.12. The Morgan fingerprint density at radius 2 is 1.91 bits per heavy atom. The van der Waals surface area contributed by atoms with Crippen molar-refractivity contribution >= 4 is 17.8 Å². The van der Waals surface area contributed by atoms with Crippen molar-refractivity contribution in [1.82, 2.24) is 10.9 Å². The molecule has 0 saturated carbocycles. The van der Waals surface area contributed by atoms with Gasteiger partial charge in [0, 0.05) is 0 Å². The van der Waals surface area contributed by atoms with Crippen LogP contribution < -0.4 is 16.6 Å². The lowest BCUT2D eigenvalue weighted by Crippen LogP contribution is -2.51. The van der Waals surface area contributed by atoms with Gasteiger partial charge in [0.15, 0.2) is 12.2 Å². The highest BCUT2D eigenvalue weighted by Gasteiger charge is 2.51. The Morgan fingerprint density at radius 1 is 1.22 bits per heavy atom. The van der Waals surface area contributed by atoms with Crippen LogP contribution in [0.1, 0.15) is 12.5 Å². The second-order valence-corrected chi connectivity index (χ2v) is 5.00. The van der Waals surface area contributed by atoms with Crippen molar-refractivity contribution in [3.05, 3.63) is 35.9 Å². The van der Waals surface area contributed by atoms with Crippen LogP contribution in [0.15, 0.2) is 30.3 Å². The Labute approximate surface area is 133 Å². The molecule has 1 aliphatic rings. The molecule has 2 unspecified atom stereocenters. The molecule has 1 aromatic carbocycles. The maximum Gasteiger partial charge on any atom is 0.338 e. The average Bonchev–Trinajstić information content (AvgIpc) is 3.34. The molecule has 124 valence electrons. The van der Waals surface area contributed by atoms with Crippen molar-refractivity contribution < 1.29 is 23.9 Å². The van der Waals surface area contributed by atoms with Crippen LogP contribution in [0.3, 0.4) is 0 Å². The van der Waals surface area contributed by atoms with Crippen LogP contribution in [0, 0.1) is 0 Å². The van der Waals surface area contributed by atoms with E-state index in [4.69, 9.17) is 15.2 Å². The van der Waals surface area contributed by atoms with Crippen molar-refractivity contribution in [2.75, 3.05) is 6.61 Å². The summed E-state index contributed by atoms with van der Waals surface area (Å²) in [5.74, 6) is -1.75. The Bertz CT molecular complexity index is 578. The molecule has 4 N–H and O–H groups in total. The quantitative estimate of drug-likeness (QED) is 0.352. The van der Waals surface area contributed by atoms with E-state index in [-0.39, 0.29) is 6.61 Å². The van der Waals surface area contributed by atoms with Gasteiger partial charge in [0.05, 0.1) is 12.6 Å². The molecule has 1 fully saturated rings. The first-order valence-electron chi connectivity index (χ1n) is 7.24. The van der Waals surface area contributed by atoms with E-state index < -0.39 is 36.0 Å². The second kappa shape index (κ2) is 7.70. The van der Waals surface area contributed by atoms with Gasteiger partial charge in [0.1, 0.15) is 0 Å². The van der Waals surface area contributed by atoms with E-state index in [1.165, 1.54) is 0 Å². The van der Waals surface area contributed by atoms with Gasteiger partial charge in [-0.05, 0) is 18.9 Å². The van der Waals surface area contributed by atoms with Crippen molar-refractivity contribution in [1.29, 1.82) is 0 Å².